The van der Waals surface area contributed by atoms with Gasteiger partial charge in [0.25, 0.3) is 11.6 Å². The first-order chi connectivity index (χ1) is 11.8. The van der Waals surface area contributed by atoms with Gasteiger partial charge < -0.3 is 10.1 Å². The number of carbonyl (C=O) groups excluding carboxylic acids is 2. The summed E-state index contributed by atoms with van der Waals surface area (Å²) in [7, 11) is 0. The molecule has 130 valence electrons. The smallest absolute Gasteiger partial charge is 0.270 e. The number of benzene rings is 2. The first-order valence-electron chi connectivity index (χ1n) is 6.98. The number of anilines is 1. The number of nitrogens with one attached hydrogen (secondary N) is 1. The minimum atomic E-state index is -1.22. The number of nitrogens with zero attached hydrogens (tertiary/aromatic N) is 1. The molecule has 0 fully saturated rings. The van der Waals surface area contributed by atoms with Crippen LogP contribution in [-0.4, -0.2) is 23.2 Å². The molecule has 1 amide bonds. The third-order valence-corrected chi connectivity index (χ3v) is 3.22. The van der Waals surface area contributed by atoms with Crippen molar-refractivity contribution in [2.45, 2.75) is 13.0 Å². The number of nitro groups is 1. The van der Waals surface area contributed by atoms with Crippen LogP contribution in [0.3, 0.4) is 0 Å². The second-order valence-electron chi connectivity index (χ2n) is 4.94. The van der Waals surface area contributed by atoms with Crippen molar-refractivity contribution in [3.63, 3.8) is 0 Å². The van der Waals surface area contributed by atoms with E-state index in [0.717, 1.165) is 36.4 Å². The van der Waals surface area contributed by atoms with Crippen LogP contribution in [0.15, 0.2) is 36.4 Å². The highest BCUT2D eigenvalue weighted by Crippen LogP contribution is 2.24. The lowest BCUT2D eigenvalue weighted by molar-refractivity contribution is -0.384. The quantitative estimate of drug-likeness (QED) is 0.490. The topological polar surface area (TPSA) is 98.5 Å². The summed E-state index contributed by atoms with van der Waals surface area (Å²) in [4.78, 5) is 33.1. The molecule has 0 unspecified atom stereocenters. The molecular weight excluding hydrogens is 338 g/mol. The molecule has 0 spiro atoms. The monoisotopic (exact) mass is 350 g/mol. The van der Waals surface area contributed by atoms with Gasteiger partial charge in [-0.3, -0.25) is 19.7 Å². The molecule has 0 aliphatic rings. The summed E-state index contributed by atoms with van der Waals surface area (Å²) in [5.74, 6) is -2.84. The molecule has 0 bridgehead atoms. The Hall–Kier alpha value is -3.36. The van der Waals surface area contributed by atoms with Crippen molar-refractivity contribution in [1.29, 1.82) is 0 Å². The van der Waals surface area contributed by atoms with Gasteiger partial charge in [0, 0.05) is 12.1 Å². The molecule has 0 saturated heterocycles. The molecule has 0 aromatic heterocycles. The molecule has 0 saturated carbocycles. The van der Waals surface area contributed by atoms with Crippen LogP contribution >= 0.6 is 0 Å². The minimum Gasteiger partial charge on any atom is -0.480 e. The van der Waals surface area contributed by atoms with Crippen LogP contribution in [0.5, 0.6) is 5.75 Å². The number of carbonyl (C=O) groups is 2. The predicted molar refractivity (Wildman–Crippen MR) is 83.6 cm³/mol. The number of halogens is 2. The van der Waals surface area contributed by atoms with Crippen molar-refractivity contribution in [3.05, 3.63) is 63.7 Å². The van der Waals surface area contributed by atoms with Crippen molar-refractivity contribution < 1.29 is 28.0 Å². The van der Waals surface area contributed by atoms with E-state index in [0.29, 0.717) is 6.29 Å². The molecule has 0 aliphatic carbocycles. The van der Waals surface area contributed by atoms with E-state index in [1.54, 1.807) is 0 Å². The van der Waals surface area contributed by atoms with Crippen LogP contribution in [-0.2, 0) is 4.79 Å². The Morgan fingerprint density at radius 1 is 1.28 bits per heavy atom. The second-order valence-corrected chi connectivity index (χ2v) is 4.94. The number of para-hydroxylation sites is 1. The number of amides is 1. The maximum atomic E-state index is 13.5. The van der Waals surface area contributed by atoms with E-state index in [9.17, 15) is 28.5 Å². The van der Waals surface area contributed by atoms with E-state index >= 15 is 0 Å². The van der Waals surface area contributed by atoms with E-state index in [1.165, 1.54) is 6.92 Å². The molecule has 9 heteroatoms. The van der Waals surface area contributed by atoms with Crippen LogP contribution in [0.1, 0.15) is 17.3 Å². The van der Waals surface area contributed by atoms with Gasteiger partial charge in [0.05, 0.1) is 10.5 Å². The Kier molecular flexibility index (Phi) is 5.38. The van der Waals surface area contributed by atoms with Crippen molar-refractivity contribution in [2.24, 2.45) is 0 Å². The number of nitro benzene ring substituents is 1. The zero-order valence-electron chi connectivity index (χ0n) is 12.9. The Balaban J connectivity index is 2.16. The fraction of sp³-hybridized carbons (Fsp3) is 0.125. The molecule has 2 rings (SSSR count). The lowest BCUT2D eigenvalue weighted by Gasteiger charge is -2.16. The summed E-state index contributed by atoms with van der Waals surface area (Å²) in [6.45, 7) is 1.30. The van der Waals surface area contributed by atoms with Gasteiger partial charge in [-0.2, -0.15) is 0 Å². The molecule has 2 aromatic carbocycles. The first-order valence-corrected chi connectivity index (χ1v) is 6.98. The highest BCUT2D eigenvalue weighted by Gasteiger charge is 2.20. The molecule has 0 heterocycles. The van der Waals surface area contributed by atoms with E-state index in [4.69, 9.17) is 4.74 Å². The molecule has 0 aliphatic heterocycles. The molecule has 1 atom stereocenters. The minimum absolute atomic E-state index is 0.0720. The zero-order chi connectivity index (χ0) is 18.6. The zero-order valence-corrected chi connectivity index (χ0v) is 12.9. The summed E-state index contributed by atoms with van der Waals surface area (Å²) >= 11 is 0. The molecule has 1 N–H and O–H groups in total. The van der Waals surface area contributed by atoms with Crippen molar-refractivity contribution >= 4 is 23.6 Å². The molecule has 25 heavy (non-hydrogen) atoms. The lowest BCUT2D eigenvalue weighted by Crippen LogP contribution is -2.31. The lowest BCUT2D eigenvalue weighted by atomic mass is 10.2. The van der Waals surface area contributed by atoms with Crippen LogP contribution < -0.4 is 10.1 Å². The maximum Gasteiger partial charge on any atom is 0.270 e. The highest BCUT2D eigenvalue weighted by molar-refractivity contribution is 5.94. The fourth-order valence-corrected chi connectivity index (χ4v) is 1.93. The summed E-state index contributed by atoms with van der Waals surface area (Å²) < 4.78 is 32.3. The first kappa shape index (κ1) is 18.0. The van der Waals surface area contributed by atoms with Gasteiger partial charge in [0.1, 0.15) is 23.1 Å². The summed E-state index contributed by atoms with van der Waals surface area (Å²) in [5, 5.41) is 12.7. The van der Waals surface area contributed by atoms with Crippen molar-refractivity contribution in [1.82, 2.24) is 0 Å². The molecule has 2 aromatic rings. The van der Waals surface area contributed by atoms with Crippen LogP contribution in [0.2, 0.25) is 0 Å². The van der Waals surface area contributed by atoms with E-state index in [1.807, 2.05) is 0 Å². The number of hydrogen-bond acceptors (Lipinski definition) is 5. The average Bonchev–Trinajstić information content (AvgIpc) is 2.58. The van der Waals surface area contributed by atoms with Crippen molar-refractivity contribution in [2.75, 3.05) is 5.32 Å². The number of non-ortho nitro benzene ring substituents is 1. The van der Waals surface area contributed by atoms with Crippen LogP contribution in [0.4, 0.5) is 20.2 Å². The molecule has 7 nitrogen and oxygen atoms in total. The number of aldehydes is 1. The molecular formula is C16H12F2N2O5. The number of hydrogen-bond donors (Lipinski definition) is 1. The maximum absolute atomic E-state index is 13.5. The Morgan fingerprint density at radius 3 is 2.48 bits per heavy atom. The fourth-order valence-electron chi connectivity index (χ4n) is 1.93. The normalized spacial score (nSPS) is 11.5. The van der Waals surface area contributed by atoms with Gasteiger partial charge >= 0.3 is 0 Å². The third-order valence-electron chi connectivity index (χ3n) is 3.22. The largest absolute Gasteiger partial charge is 0.480 e. The predicted octanol–water partition coefficient (Wildman–Crippen LogP) is 3.09. The summed E-state index contributed by atoms with van der Waals surface area (Å²) in [5.41, 5.74) is -1.08. The Morgan fingerprint density at radius 2 is 1.92 bits per heavy atom. The van der Waals surface area contributed by atoms with Gasteiger partial charge in [-0.25, -0.2) is 8.78 Å². The van der Waals surface area contributed by atoms with Crippen LogP contribution in [0, 0.1) is 21.7 Å². The van der Waals surface area contributed by atoms with E-state index in [-0.39, 0.29) is 17.0 Å². The van der Waals surface area contributed by atoms with Crippen LogP contribution in [0.25, 0.3) is 0 Å². The second kappa shape index (κ2) is 7.47. The van der Waals surface area contributed by atoms with Gasteiger partial charge in [-0.15, -0.1) is 0 Å². The highest BCUT2D eigenvalue weighted by atomic mass is 19.1. The van der Waals surface area contributed by atoms with E-state index < -0.39 is 34.3 Å². The standard InChI is InChI=1S/C16H12F2N2O5/c1-9(16(22)19-15-12(17)3-2-4-13(15)18)25-14-6-5-11(20(23)24)7-10(14)8-21/h2-9H,1H3,(H,19,22)/t9-/m1/s1. The third kappa shape index (κ3) is 4.14. The van der Waals surface area contributed by atoms with Gasteiger partial charge in [0.2, 0.25) is 0 Å². The van der Waals surface area contributed by atoms with Crippen molar-refractivity contribution in [3.8, 4) is 5.75 Å². The van der Waals surface area contributed by atoms with Gasteiger partial charge in [-0.05, 0) is 25.1 Å². The summed E-state index contributed by atoms with van der Waals surface area (Å²) in [6.07, 6.45) is -0.886. The Bertz CT molecular complexity index is 821. The number of ether oxygens (including phenoxy) is 1. The van der Waals surface area contributed by atoms with Gasteiger partial charge in [0.15, 0.2) is 12.4 Å². The summed E-state index contributed by atoms with van der Waals surface area (Å²) in [6, 6.07) is 6.35. The number of rotatable bonds is 6. The SMILES string of the molecule is C[C@@H](Oc1ccc([N+](=O)[O-])cc1C=O)C(=O)Nc1c(F)cccc1F. The van der Waals surface area contributed by atoms with E-state index in [2.05, 4.69) is 5.32 Å². The molecule has 0 radical (unpaired) electrons. The van der Waals surface area contributed by atoms with Gasteiger partial charge in [-0.1, -0.05) is 6.07 Å². The average molecular weight is 350 g/mol. The Labute approximate surface area is 140 Å².